The Labute approximate surface area is 110 Å². The highest BCUT2D eigenvalue weighted by Gasteiger charge is 2.15. The van der Waals surface area contributed by atoms with Crippen molar-refractivity contribution >= 4 is 11.3 Å². The van der Waals surface area contributed by atoms with Crippen LogP contribution in [0.2, 0.25) is 0 Å². The third-order valence-electron chi connectivity index (χ3n) is 2.74. The Morgan fingerprint density at radius 1 is 1.39 bits per heavy atom. The van der Waals surface area contributed by atoms with Gasteiger partial charge in [0.1, 0.15) is 0 Å². The van der Waals surface area contributed by atoms with Crippen LogP contribution in [-0.2, 0) is 0 Å². The maximum Gasteiger partial charge on any atom is 0.165 e. The zero-order valence-corrected chi connectivity index (χ0v) is 11.3. The lowest BCUT2D eigenvalue weighted by atomic mass is 10.0. The molecule has 0 fully saturated rings. The first-order valence-corrected chi connectivity index (χ1v) is 6.74. The number of methoxy groups -OCH3 is 1. The van der Waals surface area contributed by atoms with Gasteiger partial charge >= 0.3 is 0 Å². The van der Waals surface area contributed by atoms with Crippen molar-refractivity contribution in [1.82, 2.24) is 5.32 Å². The van der Waals surface area contributed by atoms with Gasteiger partial charge in [0.25, 0.3) is 0 Å². The van der Waals surface area contributed by atoms with Gasteiger partial charge in [-0.25, -0.2) is 4.39 Å². The lowest BCUT2D eigenvalue weighted by Gasteiger charge is -2.17. The van der Waals surface area contributed by atoms with Gasteiger partial charge in [0.05, 0.1) is 13.2 Å². The largest absolute Gasteiger partial charge is 0.494 e. The second-order valence-corrected chi connectivity index (χ2v) is 4.88. The van der Waals surface area contributed by atoms with Crippen LogP contribution in [0.4, 0.5) is 4.39 Å². The second-order valence-electron chi connectivity index (χ2n) is 3.90. The van der Waals surface area contributed by atoms with Crippen LogP contribution in [0.15, 0.2) is 35.7 Å². The third kappa shape index (κ3) is 2.71. The summed E-state index contributed by atoms with van der Waals surface area (Å²) >= 11 is 1.69. The maximum absolute atomic E-state index is 13.4. The molecule has 2 aromatic rings. The first-order valence-electron chi connectivity index (χ1n) is 5.86. The lowest BCUT2D eigenvalue weighted by molar-refractivity contribution is 0.385. The van der Waals surface area contributed by atoms with Crippen molar-refractivity contribution in [3.63, 3.8) is 0 Å². The fourth-order valence-electron chi connectivity index (χ4n) is 1.90. The first kappa shape index (κ1) is 13.1. The van der Waals surface area contributed by atoms with Crippen molar-refractivity contribution in [2.24, 2.45) is 0 Å². The van der Waals surface area contributed by atoms with E-state index in [1.165, 1.54) is 18.1 Å². The first-order chi connectivity index (χ1) is 8.76. The summed E-state index contributed by atoms with van der Waals surface area (Å²) in [5, 5.41) is 5.45. The Kier molecular flexibility index (Phi) is 4.33. The van der Waals surface area contributed by atoms with Crippen LogP contribution in [-0.4, -0.2) is 13.7 Å². The van der Waals surface area contributed by atoms with Gasteiger partial charge in [-0.05, 0) is 35.7 Å². The van der Waals surface area contributed by atoms with E-state index in [1.54, 1.807) is 23.5 Å². The normalized spacial score (nSPS) is 12.4. The molecule has 0 aliphatic rings. The summed E-state index contributed by atoms with van der Waals surface area (Å²) in [5.41, 5.74) is 1.01. The number of hydrogen-bond acceptors (Lipinski definition) is 3. The number of thiophene rings is 1. The second kappa shape index (κ2) is 5.98. The number of ether oxygens (including phenoxy) is 1. The van der Waals surface area contributed by atoms with Gasteiger partial charge in [-0.3, -0.25) is 0 Å². The van der Waals surface area contributed by atoms with E-state index >= 15 is 0 Å². The molecule has 0 saturated carbocycles. The molecule has 96 valence electrons. The number of nitrogens with one attached hydrogen (secondary N) is 1. The molecule has 4 heteroatoms. The highest BCUT2D eigenvalue weighted by molar-refractivity contribution is 7.10. The van der Waals surface area contributed by atoms with Gasteiger partial charge < -0.3 is 10.1 Å². The molecule has 2 nitrogen and oxygen atoms in total. The molecule has 1 atom stereocenters. The van der Waals surface area contributed by atoms with Crippen LogP contribution in [0.1, 0.15) is 23.4 Å². The Hall–Kier alpha value is -1.39. The predicted molar refractivity (Wildman–Crippen MR) is 72.8 cm³/mol. The molecule has 1 unspecified atom stereocenters. The fourth-order valence-corrected chi connectivity index (χ4v) is 2.73. The molecule has 0 radical (unpaired) electrons. The zero-order valence-electron chi connectivity index (χ0n) is 10.4. The molecular formula is C14H16FNOS. The number of hydrogen-bond donors (Lipinski definition) is 1. The number of halogens is 1. The summed E-state index contributed by atoms with van der Waals surface area (Å²) in [5.74, 6) is -0.0466. The molecule has 0 amide bonds. The average molecular weight is 265 g/mol. The average Bonchev–Trinajstić information content (AvgIpc) is 2.90. The summed E-state index contributed by atoms with van der Waals surface area (Å²) in [6, 6.07) is 9.18. The Bertz CT molecular complexity index is 499. The molecule has 1 heterocycles. The molecule has 0 bridgehead atoms. The molecule has 1 aromatic heterocycles. The van der Waals surface area contributed by atoms with Gasteiger partial charge in [0, 0.05) is 4.88 Å². The molecule has 0 spiro atoms. The SMILES string of the molecule is CCNC(c1ccc(F)c(OC)c1)c1cccs1. The topological polar surface area (TPSA) is 21.3 Å². The molecule has 0 aliphatic carbocycles. The van der Waals surface area contributed by atoms with Crippen molar-refractivity contribution in [2.75, 3.05) is 13.7 Å². The number of benzene rings is 1. The van der Waals surface area contributed by atoms with Crippen LogP contribution in [0.25, 0.3) is 0 Å². The lowest BCUT2D eigenvalue weighted by Crippen LogP contribution is -2.21. The molecule has 18 heavy (non-hydrogen) atoms. The van der Waals surface area contributed by atoms with E-state index in [0.29, 0.717) is 0 Å². The van der Waals surface area contributed by atoms with Crippen molar-refractivity contribution in [3.8, 4) is 5.75 Å². The van der Waals surface area contributed by atoms with E-state index in [-0.39, 0.29) is 17.6 Å². The van der Waals surface area contributed by atoms with Gasteiger partial charge in [-0.2, -0.15) is 0 Å². The van der Waals surface area contributed by atoms with Gasteiger partial charge in [0.15, 0.2) is 11.6 Å². The van der Waals surface area contributed by atoms with E-state index < -0.39 is 0 Å². The van der Waals surface area contributed by atoms with E-state index in [0.717, 1.165) is 12.1 Å². The minimum atomic E-state index is -0.331. The van der Waals surface area contributed by atoms with Crippen molar-refractivity contribution in [3.05, 3.63) is 52.0 Å². The standard InChI is InChI=1S/C14H16FNOS/c1-3-16-14(13-5-4-8-18-13)10-6-7-11(15)12(9-10)17-2/h4-9,14,16H,3H2,1-2H3. The molecular weight excluding hydrogens is 249 g/mol. The molecule has 0 aliphatic heterocycles. The minimum absolute atomic E-state index is 0.0875. The van der Waals surface area contributed by atoms with E-state index in [2.05, 4.69) is 18.3 Å². The summed E-state index contributed by atoms with van der Waals surface area (Å²) in [6.07, 6.45) is 0. The molecule has 1 N–H and O–H groups in total. The maximum atomic E-state index is 13.4. The summed E-state index contributed by atoms with van der Waals surface area (Å²) in [4.78, 5) is 1.21. The van der Waals surface area contributed by atoms with Crippen LogP contribution in [0.5, 0.6) is 5.75 Å². The summed E-state index contributed by atoms with van der Waals surface area (Å²) < 4.78 is 18.5. The van der Waals surface area contributed by atoms with E-state index in [9.17, 15) is 4.39 Å². The minimum Gasteiger partial charge on any atom is -0.494 e. The Morgan fingerprint density at radius 3 is 2.83 bits per heavy atom. The smallest absolute Gasteiger partial charge is 0.165 e. The summed E-state index contributed by atoms with van der Waals surface area (Å²) in [7, 11) is 1.48. The van der Waals surface area contributed by atoms with Gasteiger partial charge in [-0.15, -0.1) is 11.3 Å². The Balaban J connectivity index is 2.36. The quantitative estimate of drug-likeness (QED) is 0.892. The molecule has 1 aromatic carbocycles. The zero-order chi connectivity index (χ0) is 13.0. The third-order valence-corrected chi connectivity index (χ3v) is 3.68. The van der Waals surface area contributed by atoms with Crippen LogP contribution in [0.3, 0.4) is 0 Å². The molecule has 0 saturated heterocycles. The van der Waals surface area contributed by atoms with Crippen molar-refractivity contribution in [1.29, 1.82) is 0 Å². The fraction of sp³-hybridized carbons (Fsp3) is 0.286. The summed E-state index contributed by atoms with van der Waals surface area (Å²) in [6.45, 7) is 2.91. The van der Waals surface area contributed by atoms with Gasteiger partial charge in [0.2, 0.25) is 0 Å². The Morgan fingerprint density at radius 2 is 2.22 bits per heavy atom. The van der Waals surface area contributed by atoms with Crippen molar-refractivity contribution < 1.29 is 9.13 Å². The van der Waals surface area contributed by atoms with Crippen LogP contribution in [0, 0.1) is 5.82 Å². The predicted octanol–water partition coefficient (Wildman–Crippen LogP) is 3.59. The van der Waals surface area contributed by atoms with Crippen LogP contribution >= 0.6 is 11.3 Å². The van der Waals surface area contributed by atoms with E-state index in [1.807, 2.05) is 11.4 Å². The van der Waals surface area contributed by atoms with Crippen LogP contribution < -0.4 is 10.1 Å². The highest BCUT2D eigenvalue weighted by Crippen LogP contribution is 2.29. The van der Waals surface area contributed by atoms with Crippen molar-refractivity contribution in [2.45, 2.75) is 13.0 Å². The monoisotopic (exact) mass is 265 g/mol. The number of rotatable bonds is 5. The highest BCUT2D eigenvalue weighted by atomic mass is 32.1. The van der Waals surface area contributed by atoms with E-state index in [4.69, 9.17) is 4.74 Å². The van der Waals surface area contributed by atoms with Gasteiger partial charge in [-0.1, -0.05) is 19.1 Å². The molecule has 2 rings (SSSR count).